The summed E-state index contributed by atoms with van der Waals surface area (Å²) in [5.41, 5.74) is 0.612. The topological polar surface area (TPSA) is 55.2 Å². The van der Waals surface area contributed by atoms with Gasteiger partial charge in [0.25, 0.3) is 5.69 Å². The Morgan fingerprint density at radius 1 is 1.44 bits per heavy atom. The SMILES string of the molecule is Cc1cc(NC2CC=CCC2)c([N+](=O)[O-])cc1F. The Morgan fingerprint density at radius 2 is 2.22 bits per heavy atom. The van der Waals surface area contributed by atoms with Gasteiger partial charge in [-0.05, 0) is 37.8 Å². The zero-order valence-corrected chi connectivity index (χ0v) is 10.1. The minimum Gasteiger partial charge on any atom is -0.376 e. The summed E-state index contributed by atoms with van der Waals surface area (Å²) in [6.07, 6.45) is 6.90. The number of hydrogen-bond donors (Lipinski definition) is 1. The maximum absolute atomic E-state index is 13.4. The van der Waals surface area contributed by atoms with Crippen molar-refractivity contribution in [3.63, 3.8) is 0 Å². The standard InChI is InChI=1S/C13H15FN2O2/c1-9-7-12(13(16(17)18)8-11(9)14)15-10-5-3-2-4-6-10/h2-3,7-8,10,15H,4-6H2,1H3. The highest BCUT2D eigenvalue weighted by Gasteiger charge is 2.19. The maximum atomic E-state index is 13.4. The summed E-state index contributed by atoms with van der Waals surface area (Å²) in [6.45, 7) is 1.60. The normalized spacial score (nSPS) is 18.7. The van der Waals surface area contributed by atoms with Crippen molar-refractivity contribution in [1.82, 2.24) is 0 Å². The van der Waals surface area contributed by atoms with Crippen molar-refractivity contribution in [2.75, 3.05) is 5.32 Å². The Morgan fingerprint density at radius 3 is 2.83 bits per heavy atom. The summed E-state index contributed by atoms with van der Waals surface area (Å²) >= 11 is 0. The van der Waals surface area contributed by atoms with Crippen LogP contribution in [0.15, 0.2) is 24.3 Å². The van der Waals surface area contributed by atoms with Crippen molar-refractivity contribution in [2.24, 2.45) is 0 Å². The van der Waals surface area contributed by atoms with Gasteiger partial charge in [-0.2, -0.15) is 0 Å². The number of nitrogens with one attached hydrogen (secondary N) is 1. The molecule has 0 bridgehead atoms. The van der Waals surface area contributed by atoms with E-state index in [1.165, 1.54) is 6.07 Å². The second kappa shape index (κ2) is 5.16. The quantitative estimate of drug-likeness (QED) is 0.507. The first-order valence-electron chi connectivity index (χ1n) is 5.94. The van der Waals surface area contributed by atoms with Crippen LogP contribution >= 0.6 is 0 Å². The van der Waals surface area contributed by atoms with Crippen LogP contribution in [0.3, 0.4) is 0 Å². The van der Waals surface area contributed by atoms with Crippen LogP contribution in [-0.4, -0.2) is 11.0 Å². The molecule has 1 aliphatic rings. The molecule has 0 aromatic heterocycles. The van der Waals surface area contributed by atoms with E-state index in [-0.39, 0.29) is 11.7 Å². The van der Waals surface area contributed by atoms with Gasteiger partial charge in [0.15, 0.2) is 0 Å². The molecule has 0 spiro atoms. The molecule has 96 valence electrons. The predicted molar refractivity (Wildman–Crippen MR) is 68.2 cm³/mol. The summed E-state index contributed by atoms with van der Waals surface area (Å²) in [5.74, 6) is -0.546. The van der Waals surface area contributed by atoms with E-state index in [9.17, 15) is 14.5 Å². The highest BCUT2D eigenvalue weighted by molar-refractivity contribution is 5.63. The van der Waals surface area contributed by atoms with Crippen LogP contribution in [0.2, 0.25) is 0 Å². The molecule has 0 aliphatic heterocycles. The number of nitrogens with zero attached hydrogens (tertiary/aromatic N) is 1. The maximum Gasteiger partial charge on any atom is 0.295 e. The van der Waals surface area contributed by atoms with Crippen molar-refractivity contribution in [3.8, 4) is 0 Å². The number of allylic oxidation sites excluding steroid dienone is 1. The van der Waals surface area contributed by atoms with Crippen LogP contribution < -0.4 is 5.32 Å². The molecule has 0 radical (unpaired) electrons. The Balaban J connectivity index is 2.27. The lowest BCUT2D eigenvalue weighted by Crippen LogP contribution is -2.21. The molecule has 0 saturated carbocycles. The lowest BCUT2D eigenvalue weighted by atomic mass is 10.0. The fraction of sp³-hybridized carbons (Fsp3) is 0.385. The van der Waals surface area contributed by atoms with Gasteiger partial charge in [-0.1, -0.05) is 12.2 Å². The summed E-state index contributed by atoms with van der Waals surface area (Å²) in [7, 11) is 0. The largest absolute Gasteiger partial charge is 0.376 e. The number of anilines is 1. The van der Waals surface area contributed by atoms with E-state index in [1.807, 2.05) is 0 Å². The molecule has 1 atom stereocenters. The Bertz CT molecular complexity index is 500. The van der Waals surface area contributed by atoms with E-state index < -0.39 is 10.7 Å². The van der Waals surface area contributed by atoms with Crippen LogP contribution in [0.25, 0.3) is 0 Å². The molecular formula is C13H15FN2O2. The van der Waals surface area contributed by atoms with Crippen LogP contribution in [0, 0.1) is 22.9 Å². The third-order valence-electron chi connectivity index (χ3n) is 3.10. The number of halogens is 1. The van der Waals surface area contributed by atoms with Crippen molar-refractivity contribution < 1.29 is 9.31 Å². The van der Waals surface area contributed by atoms with Gasteiger partial charge in [0.2, 0.25) is 0 Å². The summed E-state index contributed by atoms with van der Waals surface area (Å²) in [4.78, 5) is 10.4. The van der Waals surface area contributed by atoms with Gasteiger partial charge < -0.3 is 5.32 Å². The van der Waals surface area contributed by atoms with Crippen molar-refractivity contribution >= 4 is 11.4 Å². The third kappa shape index (κ3) is 2.67. The van der Waals surface area contributed by atoms with Crippen LogP contribution in [0.1, 0.15) is 24.8 Å². The molecule has 1 N–H and O–H groups in total. The average Bonchev–Trinajstić information content (AvgIpc) is 2.34. The van der Waals surface area contributed by atoms with Gasteiger partial charge in [-0.15, -0.1) is 0 Å². The Labute approximate surface area is 105 Å². The van der Waals surface area contributed by atoms with E-state index >= 15 is 0 Å². The molecule has 1 unspecified atom stereocenters. The minimum absolute atomic E-state index is 0.179. The van der Waals surface area contributed by atoms with Gasteiger partial charge in [-0.25, -0.2) is 4.39 Å². The molecule has 0 amide bonds. The predicted octanol–water partition coefficient (Wildman–Crippen LogP) is 3.56. The van der Waals surface area contributed by atoms with E-state index in [4.69, 9.17) is 0 Å². The second-order valence-electron chi connectivity index (χ2n) is 4.50. The lowest BCUT2D eigenvalue weighted by molar-refractivity contribution is -0.384. The number of benzene rings is 1. The molecule has 1 aromatic rings. The number of rotatable bonds is 3. The van der Waals surface area contributed by atoms with E-state index in [2.05, 4.69) is 17.5 Å². The molecule has 1 aliphatic carbocycles. The number of nitro groups is 1. The molecule has 18 heavy (non-hydrogen) atoms. The first-order valence-corrected chi connectivity index (χ1v) is 5.94. The Kier molecular flexibility index (Phi) is 3.60. The van der Waals surface area contributed by atoms with Gasteiger partial charge in [0.05, 0.1) is 11.0 Å². The molecule has 1 aromatic carbocycles. The van der Waals surface area contributed by atoms with Crippen LogP contribution in [0.4, 0.5) is 15.8 Å². The molecule has 0 saturated heterocycles. The monoisotopic (exact) mass is 250 g/mol. The first-order chi connectivity index (χ1) is 8.58. The van der Waals surface area contributed by atoms with Crippen molar-refractivity contribution in [2.45, 2.75) is 32.2 Å². The zero-order valence-electron chi connectivity index (χ0n) is 10.1. The molecule has 0 fully saturated rings. The molecule has 5 heteroatoms. The lowest BCUT2D eigenvalue weighted by Gasteiger charge is -2.20. The van der Waals surface area contributed by atoms with Crippen molar-refractivity contribution in [3.05, 3.63) is 45.8 Å². The van der Waals surface area contributed by atoms with E-state index in [0.717, 1.165) is 25.3 Å². The van der Waals surface area contributed by atoms with Crippen LogP contribution in [0.5, 0.6) is 0 Å². The highest BCUT2D eigenvalue weighted by Crippen LogP contribution is 2.29. The number of hydrogen-bond acceptors (Lipinski definition) is 3. The van der Waals surface area contributed by atoms with E-state index in [1.54, 1.807) is 6.92 Å². The first kappa shape index (κ1) is 12.5. The van der Waals surface area contributed by atoms with Gasteiger partial charge >= 0.3 is 0 Å². The fourth-order valence-corrected chi connectivity index (χ4v) is 2.08. The third-order valence-corrected chi connectivity index (χ3v) is 3.10. The van der Waals surface area contributed by atoms with E-state index in [0.29, 0.717) is 11.3 Å². The average molecular weight is 250 g/mol. The molecular weight excluding hydrogens is 235 g/mol. The zero-order chi connectivity index (χ0) is 13.1. The number of aryl methyl sites for hydroxylation is 1. The van der Waals surface area contributed by atoms with Gasteiger partial charge in [-0.3, -0.25) is 10.1 Å². The van der Waals surface area contributed by atoms with Gasteiger partial charge in [0.1, 0.15) is 11.5 Å². The second-order valence-corrected chi connectivity index (χ2v) is 4.50. The highest BCUT2D eigenvalue weighted by atomic mass is 19.1. The summed E-state index contributed by atoms with van der Waals surface area (Å²) < 4.78 is 13.4. The molecule has 2 rings (SSSR count). The fourth-order valence-electron chi connectivity index (χ4n) is 2.08. The molecule has 0 heterocycles. The summed E-state index contributed by atoms with van der Waals surface area (Å²) in [5, 5.41) is 14.1. The van der Waals surface area contributed by atoms with Gasteiger partial charge in [0, 0.05) is 6.04 Å². The molecule has 4 nitrogen and oxygen atoms in total. The summed E-state index contributed by atoms with van der Waals surface area (Å²) in [6, 6.07) is 2.67. The van der Waals surface area contributed by atoms with Crippen molar-refractivity contribution in [1.29, 1.82) is 0 Å². The van der Waals surface area contributed by atoms with Crippen LogP contribution in [-0.2, 0) is 0 Å². The smallest absolute Gasteiger partial charge is 0.295 e. The minimum atomic E-state index is -0.552. The Hall–Kier alpha value is -1.91. The number of nitro benzene ring substituents is 1.